The molecule has 0 spiro atoms. The lowest BCUT2D eigenvalue weighted by Crippen LogP contribution is -2.39. The molecule has 5 nitrogen and oxygen atoms in total. The number of hydrogen-bond donors (Lipinski definition) is 2. The van der Waals surface area contributed by atoms with E-state index in [-0.39, 0.29) is 0 Å². The molecule has 0 atom stereocenters. The van der Waals surface area contributed by atoms with Crippen molar-refractivity contribution in [1.29, 1.82) is 0 Å². The van der Waals surface area contributed by atoms with Gasteiger partial charge in [0.1, 0.15) is 12.4 Å². The maximum absolute atomic E-state index is 5.88. The van der Waals surface area contributed by atoms with E-state index >= 15 is 0 Å². The minimum atomic E-state index is 0.539. The first-order chi connectivity index (χ1) is 11.3. The summed E-state index contributed by atoms with van der Waals surface area (Å²) < 4.78 is 5.59. The first-order valence-electron chi connectivity index (χ1n) is 7.57. The molecule has 2 N–H and O–H groups in total. The van der Waals surface area contributed by atoms with Crippen molar-refractivity contribution in [2.75, 3.05) is 19.7 Å². The van der Waals surface area contributed by atoms with Crippen molar-refractivity contribution < 1.29 is 4.74 Å². The van der Waals surface area contributed by atoms with E-state index < -0.39 is 0 Å². The van der Waals surface area contributed by atoms with Gasteiger partial charge in [-0.25, -0.2) is 4.99 Å². The normalized spacial score (nSPS) is 11.1. The number of pyridine rings is 1. The maximum Gasteiger partial charge on any atom is 0.191 e. The molecule has 1 aromatic heterocycles. The molecule has 0 saturated heterocycles. The van der Waals surface area contributed by atoms with Crippen LogP contribution in [0.3, 0.4) is 0 Å². The smallest absolute Gasteiger partial charge is 0.191 e. The molecule has 2 rings (SSSR count). The van der Waals surface area contributed by atoms with Gasteiger partial charge < -0.3 is 15.4 Å². The lowest BCUT2D eigenvalue weighted by Gasteiger charge is -2.12. The number of ether oxygens (including phenoxy) is 1. The fourth-order valence-electron chi connectivity index (χ4n) is 1.87. The van der Waals surface area contributed by atoms with Crippen LogP contribution >= 0.6 is 11.6 Å². The SMILES string of the molecule is CCNC(=NCc1ccc(Cl)cc1)NCCOc1cccnc1. The first kappa shape index (κ1) is 17.1. The fourth-order valence-corrected chi connectivity index (χ4v) is 2.00. The molecular formula is C17H21ClN4O. The van der Waals surface area contributed by atoms with E-state index in [4.69, 9.17) is 16.3 Å². The highest BCUT2D eigenvalue weighted by molar-refractivity contribution is 6.30. The van der Waals surface area contributed by atoms with Crippen LogP contribution in [0.1, 0.15) is 12.5 Å². The maximum atomic E-state index is 5.88. The summed E-state index contributed by atoms with van der Waals surface area (Å²) in [6.45, 7) is 4.62. The molecule has 0 radical (unpaired) electrons. The van der Waals surface area contributed by atoms with Gasteiger partial charge in [0.15, 0.2) is 5.96 Å². The second-order valence-corrected chi connectivity index (χ2v) is 5.22. The van der Waals surface area contributed by atoms with Crippen LogP contribution in [0, 0.1) is 0 Å². The van der Waals surface area contributed by atoms with Crippen molar-refractivity contribution >= 4 is 17.6 Å². The van der Waals surface area contributed by atoms with Crippen molar-refractivity contribution in [1.82, 2.24) is 15.6 Å². The molecule has 6 heteroatoms. The second kappa shape index (κ2) is 9.69. The Kier molecular flexibility index (Phi) is 7.20. The van der Waals surface area contributed by atoms with Crippen LogP contribution < -0.4 is 15.4 Å². The van der Waals surface area contributed by atoms with Crippen LogP contribution in [-0.2, 0) is 6.54 Å². The third-order valence-corrected chi connectivity index (χ3v) is 3.23. The van der Waals surface area contributed by atoms with E-state index in [0.717, 1.165) is 28.8 Å². The van der Waals surface area contributed by atoms with Gasteiger partial charge >= 0.3 is 0 Å². The molecule has 0 aliphatic carbocycles. The zero-order valence-electron chi connectivity index (χ0n) is 13.1. The highest BCUT2D eigenvalue weighted by atomic mass is 35.5. The molecule has 0 aliphatic heterocycles. The Labute approximate surface area is 141 Å². The van der Waals surface area contributed by atoms with E-state index in [0.29, 0.717) is 19.7 Å². The zero-order chi connectivity index (χ0) is 16.3. The average molecular weight is 333 g/mol. The molecule has 2 aromatic rings. The number of aliphatic imine (C=N–C) groups is 1. The van der Waals surface area contributed by atoms with Gasteiger partial charge in [0.2, 0.25) is 0 Å². The van der Waals surface area contributed by atoms with Gasteiger partial charge in [-0.2, -0.15) is 0 Å². The van der Waals surface area contributed by atoms with Crippen molar-refractivity contribution in [2.24, 2.45) is 4.99 Å². The summed E-state index contributed by atoms with van der Waals surface area (Å²) >= 11 is 5.88. The van der Waals surface area contributed by atoms with Crippen molar-refractivity contribution in [2.45, 2.75) is 13.5 Å². The van der Waals surface area contributed by atoms with Crippen LogP contribution in [-0.4, -0.2) is 30.6 Å². The van der Waals surface area contributed by atoms with Gasteiger partial charge in [0.05, 0.1) is 19.3 Å². The highest BCUT2D eigenvalue weighted by Gasteiger charge is 1.98. The minimum absolute atomic E-state index is 0.539. The Morgan fingerprint density at radius 2 is 2.04 bits per heavy atom. The van der Waals surface area contributed by atoms with Crippen LogP contribution in [0.25, 0.3) is 0 Å². The van der Waals surface area contributed by atoms with E-state index in [1.807, 2.05) is 43.3 Å². The molecule has 1 aromatic carbocycles. The number of nitrogens with one attached hydrogen (secondary N) is 2. The van der Waals surface area contributed by atoms with Crippen LogP contribution in [0.2, 0.25) is 5.02 Å². The molecule has 0 amide bonds. The third-order valence-electron chi connectivity index (χ3n) is 2.97. The van der Waals surface area contributed by atoms with Gasteiger partial charge in [-0.3, -0.25) is 4.98 Å². The number of nitrogens with zero attached hydrogens (tertiary/aromatic N) is 2. The lowest BCUT2D eigenvalue weighted by atomic mass is 10.2. The van der Waals surface area contributed by atoms with Gasteiger partial charge in [-0.05, 0) is 36.8 Å². The molecule has 0 fully saturated rings. The Morgan fingerprint density at radius 3 is 2.74 bits per heavy atom. The van der Waals surface area contributed by atoms with Gasteiger partial charge in [0.25, 0.3) is 0 Å². The third kappa shape index (κ3) is 6.57. The minimum Gasteiger partial charge on any atom is -0.490 e. The summed E-state index contributed by atoms with van der Waals surface area (Å²) in [5.41, 5.74) is 1.11. The molecule has 0 unspecified atom stereocenters. The van der Waals surface area contributed by atoms with Crippen LogP contribution in [0.15, 0.2) is 53.8 Å². The predicted molar refractivity (Wildman–Crippen MR) is 94.0 cm³/mol. The van der Waals surface area contributed by atoms with E-state index in [9.17, 15) is 0 Å². The number of hydrogen-bond acceptors (Lipinski definition) is 3. The van der Waals surface area contributed by atoms with Crippen LogP contribution in [0.5, 0.6) is 5.75 Å². The van der Waals surface area contributed by atoms with E-state index in [1.165, 1.54) is 0 Å². The topological polar surface area (TPSA) is 58.5 Å². The number of guanidine groups is 1. The lowest BCUT2D eigenvalue weighted by molar-refractivity contribution is 0.320. The van der Waals surface area contributed by atoms with Gasteiger partial charge in [-0.15, -0.1) is 0 Å². The second-order valence-electron chi connectivity index (χ2n) is 4.79. The highest BCUT2D eigenvalue weighted by Crippen LogP contribution is 2.10. The molecule has 0 bridgehead atoms. The zero-order valence-corrected chi connectivity index (χ0v) is 13.9. The van der Waals surface area contributed by atoms with Crippen LogP contribution in [0.4, 0.5) is 0 Å². The Balaban J connectivity index is 1.78. The van der Waals surface area contributed by atoms with E-state index in [2.05, 4.69) is 20.6 Å². The summed E-state index contributed by atoms with van der Waals surface area (Å²) in [5.74, 6) is 1.52. The molecule has 0 saturated carbocycles. The number of benzene rings is 1. The monoisotopic (exact) mass is 332 g/mol. The summed E-state index contributed by atoms with van der Waals surface area (Å²) in [5, 5.41) is 7.18. The first-order valence-corrected chi connectivity index (χ1v) is 7.95. The average Bonchev–Trinajstić information content (AvgIpc) is 2.59. The summed E-state index contributed by atoms with van der Waals surface area (Å²) in [7, 11) is 0. The summed E-state index contributed by atoms with van der Waals surface area (Å²) in [6, 6.07) is 11.4. The molecule has 23 heavy (non-hydrogen) atoms. The van der Waals surface area contributed by atoms with Gasteiger partial charge in [-0.1, -0.05) is 23.7 Å². The quantitative estimate of drug-likeness (QED) is 0.465. The fraction of sp³-hybridized carbons (Fsp3) is 0.294. The number of halogens is 1. The summed E-state index contributed by atoms with van der Waals surface area (Å²) in [4.78, 5) is 8.55. The molecule has 122 valence electrons. The van der Waals surface area contributed by atoms with Gasteiger partial charge in [0, 0.05) is 17.8 Å². The Morgan fingerprint density at radius 1 is 1.22 bits per heavy atom. The number of rotatable bonds is 7. The summed E-state index contributed by atoms with van der Waals surface area (Å²) in [6.07, 6.45) is 3.41. The van der Waals surface area contributed by atoms with Crippen molar-refractivity contribution in [3.63, 3.8) is 0 Å². The van der Waals surface area contributed by atoms with Crippen molar-refractivity contribution in [3.05, 3.63) is 59.4 Å². The Bertz CT molecular complexity index is 602. The standard InChI is InChI=1S/C17H21ClN4O/c1-2-20-17(22-12-14-5-7-15(18)8-6-14)21-10-11-23-16-4-3-9-19-13-16/h3-9,13H,2,10-12H2,1H3,(H2,20,21,22). The number of aromatic nitrogens is 1. The largest absolute Gasteiger partial charge is 0.490 e. The van der Waals surface area contributed by atoms with Crippen molar-refractivity contribution in [3.8, 4) is 5.75 Å². The Hall–Kier alpha value is -2.27. The predicted octanol–water partition coefficient (Wildman–Crippen LogP) is 2.87. The van der Waals surface area contributed by atoms with E-state index in [1.54, 1.807) is 12.4 Å². The molecule has 0 aliphatic rings. The molecule has 1 heterocycles. The molecular weight excluding hydrogens is 312 g/mol.